The van der Waals surface area contributed by atoms with E-state index in [0.29, 0.717) is 0 Å². The fourth-order valence-electron chi connectivity index (χ4n) is 2.02. The third kappa shape index (κ3) is 3.11. The van der Waals surface area contributed by atoms with Crippen LogP contribution in [0.1, 0.15) is 18.1 Å². The Morgan fingerprint density at radius 2 is 2.14 bits per heavy atom. The summed E-state index contributed by atoms with van der Waals surface area (Å²) in [6.07, 6.45) is -2.58. The van der Waals surface area contributed by atoms with Gasteiger partial charge in [-0.2, -0.15) is 0 Å². The highest BCUT2D eigenvalue weighted by atomic mass is 16.4. The first-order valence-electron chi connectivity index (χ1n) is 6.07. The van der Waals surface area contributed by atoms with Gasteiger partial charge in [-0.15, -0.1) is 0 Å². The lowest BCUT2D eigenvalue weighted by Gasteiger charge is -2.18. The molecule has 2 rings (SSSR count). The van der Waals surface area contributed by atoms with E-state index in [-0.39, 0.29) is 29.4 Å². The molecule has 0 radical (unpaired) electrons. The summed E-state index contributed by atoms with van der Waals surface area (Å²) in [5, 5.41) is 23.2. The lowest BCUT2D eigenvalue weighted by Crippen LogP contribution is -2.22. The number of aromatic nitrogens is 1. The fraction of sp³-hybridized carbons (Fsp3) is 0.333. The normalized spacial score (nSPS) is 13.6. The Kier molecular flexibility index (Phi) is 4.39. The van der Waals surface area contributed by atoms with E-state index in [4.69, 9.17) is 5.53 Å². The van der Waals surface area contributed by atoms with E-state index in [2.05, 4.69) is 19.4 Å². The number of benzene rings is 1. The number of aromatic amines is 1. The van der Waals surface area contributed by atoms with Crippen LogP contribution in [0.5, 0.6) is 0 Å². The Morgan fingerprint density at radius 1 is 1.38 bits per heavy atom. The quantitative estimate of drug-likeness (QED) is 0.418. The summed E-state index contributed by atoms with van der Waals surface area (Å²) in [5.41, 5.74) is 7.60. The zero-order chi connectivity index (χ0) is 15.4. The highest BCUT2D eigenvalue weighted by Gasteiger charge is 2.22. The van der Waals surface area contributed by atoms with Crippen molar-refractivity contribution in [2.45, 2.75) is 18.6 Å². The maximum absolute atomic E-state index is 11.8. The molecule has 1 aromatic carbocycles. The molecule has 0 aliphatic rings. The van der Waals surface area contributed by atoms with E-state index in [1.807, 2.05) is 0 Å². The molecule has 0 fully saturated rings. The molecule has 9 heteroatoms. The van der Waals surface area contributed by atoms with Crippen LogP contribution >= 0.6 is 0 Å². The van der Waals surface area contributed by atoms with Gasteiger partial charge >= 0.3 is 11.4 Å². The minimum atomic E-state index is -1.38. The van der Waals surface area contributed by atoms with E-state index < -0.39 is 23.6 Å². The van der Waals surface area contributed by atoms with E-state index in [0.717, 1.165) is 0 Å². The van der Waals surface area contributed by atoms with Crippen LogP contribution in [0.3, 0.4) is 0 Å². The van der Waals surface area contributed by atoms with Crippen LogP contribution in [0.15, 0.2) is 37.3 Å². The molecule has 0 saturated heterocycles. The number of fused-ring (bicyclic) bond motifs is 1. The number of aliphatic hydroxyl groups is 2. The zero-order valence-corrected chi connectivity index (χ0v) is 10.8. The number of hydrogen-bond acceptors (Lipinski definition) is 6. The summed E-state index contributed by atoms with van der Waals surface area (Å²) >= 11 is 0. The topological polar surface area (TPSA) is 152 Å². The minimum absolute atomic E-state index is 0.00489. The number of H-pyrrole nitrogens is 1. The van der Waals surface area contributed by atoms with E-state index >= 15 is 0 Å². The van der Waals surface area contributed by atoms with Crippen molar-refractivity contribution in [2.75, 3.05) is 6.54 Å². The molecule has 0 saturated carbocycles. The van der Waals surface area contributed by atoms with E-state index in [1.165, 1.54) is 18.2 Å². The first-order valence-corrected chi connectivity index (χ1v) is 6.07. The molecule has 0 bridgehead atoms. The van der Waals surface area contributed by atoms with Gasteiger partial charge in [0.1, 0.15) is 6.10 Å². The van der Waals surface area contributed by atoms with Gasteiger partial charge in [0, 0.05) is 11.5 Å². The molecule has 0 aliphatic carbocycles. The van der Waals surface area contributed by atoms with E-state index in [9.17, 15) is 19.8 Å². The molecule has 3 N–H and O–H groups in total. The Bertz CT molecular complexity index is 805. The lowest BCUT2D eigenvalue weighted by molar-refractivity contribution is 0.0158. The Balaban J connectivity index is 2.44. The van der Waals surface area contributed by atoms with Gasteiger partial charge in [-0.25, -0.2) is 9.59 Å². The summed E-state index contributed by atoms with van der Waals surface area (Å²) in [6, 6.07) is 4.45. The summed E-state index contributed by atoms with van der Waals surface area (Å²) in [5.74, 6) is -0.900. The lowest BCUT2D eigenvalue weighted by atomic mass is 9.99. The van der Waals surface area contributed by atoms with Crippen LogP contribution in [-0.2, 0) is 0 Å². The third-order valence-corrected chi connectivity index (χ3v) is 2.99. The number of nitrogens with one attached hydrogen (secondary N) is 1. The molecule has 1 aromatic heterocycles. The van der Waals surface area contributed by atoms with Gasteiger partial charge in [0.2, 0.25) is 0 Å². The van der Waals surface area contributed by atoms with Gasteiger partial charge in [0.15, 0.2) is 0 Å². The number of rotatable bonds is 5. The summed E-state index contributed by atoms with van der Waals surface area (Å²) in [6.45, 7) is 0.00489. The van der Waals surface area contributed by atoms with Gasteiger partial charge in [-0.05, 0) is 23.6 Å². The third-order valence-electron chi connectivity index (χ3n) is 2.99. The maximum Gasteiger partial charge on any atom is 0.419 e. The van der Waals surface area contributed by atoms with Gasteiger partial charge in [-0.3, -0.25) is 4.98 Å². The van der Waals surface area contributed by atoms with Crippen molar-refractivity contribution in [1.29, 1.82) is 0 Å². The van der Waals surface area contributed by atoms with Crippen molar-refractivity contribution in [3.8, 4) is 0 Å². The second-order valence-corrected chi connectivity index (χ2v) is 4.33. The van der Waals surface area contributed by atoms with Crippen molar-refractivity contribution in [1.82, 2.24) is 4.98 Å². The van der Waals surface area contributed by atoms with Crippen LogP contribution < -0.4 is 11.4 Å². The summed E-state index contributed by atoms with van der Waals surface area (Å²) in [7, 11) is 0. The molecule has 0 aliphatic heterocycles. The minimum Gasteiger partial charge on any atom is -0.390 e. The Morgan fingerprint density at radius 3 is 2.86 bits per heavy atom. The first-order chi connectivity index (χ1) is 10.0. The van der Waals surface area contributed by atoms with Crippen LogP contribution in [0.4, 0.5) is 0 Å². The zero-order valence-electron chi connectivity index (χ0n) is 10.8. The maximum atomic E-state index is 11.8. The predicted molar refractivity (Wildman–Crippen MR) is 72.7 cm³/mol. The highest BCUT2D eigenvalue weighted by Crippen LogP contribution is 2.24. The molecule has 2 aromatic rings. The van der Waals surface area contributed by atoms with E-state index in [1.54, 1.807) is 0 Å². The van der Waals surface area contributed by atoms with Crippen LogP contribution in [0, 0.1) is 0 Å². The van der Waals surface area contributed by atoms with Gasteiger partial charge in [0.25, 0.3) is 0 Å². The average molecular weight is 292 g/mol. The monoisotopic (exact) mass is 292 g/mol. The second kappa shape index (κ2) is 6.23. The SMILES string of the molecule is [N-]=[N+]=NCCC(O)C(O)c1cccc2[nH]c(=O)oc(=O)c12. The smallest absolute Gasteiger partial charge is 0.390 e. The standard InChI is InChI=1S/C12H12N4O5/c13-16-14-5-4-8(17)10(18)6-2-1-3-7-9(6)11(19)21-12(20)15-7/h1-3,8,10,17-18H,4-5H2,(H,15,20). The average Bonchev–Trinajstić information content (AvgIpc) is 2.45. The molecule has 0 amide bonds. The van der Waals surface area contributed by atoms with Gasteiger partial charge in [-0.1, -0.05) is 17.2 Å². The molecular weight excluding hydrogens is 280 g/mol. The number of nitrogens with zero attached hydrogens (tertiary/aromatic N) is 3. The Hall–Kier alpha value is -2.61. The molecule has 21 heavy (non-hydrogen) atoms. The molecule has 2 unspecified atom stereocenters. The largest absolute Gasteiger partial charge is 0.419 e. The highest BCUT2D eigenvalue weighted by molar-refractivity contribution is 5.81. The van der Waals surface area contributed by atoms with Gasteiger partial charge < -0.3 is 14.6 Å². The van der Waals surface area contributed by atoms with Crippen molar-refractivity contribution >= 4 is 10.9 Å². The Labute approximate surface area is 117 Å². The second-order valence-electron chi connectivity index (χ2n) is 4.33. The van der Waals surface area contributed by atoms with Crippen molar-refractivity contribution < 1.29 is 14.6 Å². The number of hydrogen-bond donors (Lipinski definition) is 3. The molecule has 9 nitrogen and oxygen atoms in total. The van der Waals surface area contributed by atoms with Gasteiger partial charge in [0.05, 0.1) is 17.0 Å². The number of aliphatic hydroxyl groups excluding tert-OH is 2. The molecule has 110 valence electrons. The first kappa shape index (κ1) is 14.8. The summed E-state index contributed by atoms with van der Waals surface area (Å²) in [4.78, 5) is 27.8. The van der Waals surface area contributed by atoms with Crippen molar-refractivity contribution in [3.63, 3.8) is 0 Å². The molecule has 2 atom stereocenters. The van der Waals surface area contributed by atoms with Crippen LogP contribution in [0.25, 0.3) is 21.3 Å². The molecular formula is C12H12N4O5. The summed E-state index contributed by atoms with van der Waals surface area (Å²) < 4.78 is 4.43. The van der Waals surface area contributed by atoms with Crippen LogP contribution in [-0.4, -0.2) is 27.8 Å². The predicted octanol–water partition coefficient (Wildman–Crippen LogP) is 0.576. The van der Waals surface area contributed by atoms with Crippen molar-refractivity contribution in [2.24, 2.45) is 5.11 Å². The molecule has 1 heterocycles. The fourth-order valence-corrected chi connectivity index (χ4v) is 2.02. The molecule has 0 spiro atoms. The van der Waals surface area contributed by atoms with Crippen LogP contribution in [0.2, 0.25) is 0 Å². The van der Waals surface area contributed by atoms with Crippen molar-refractivity contribution in [3.05, 3.63) is 55.2 Å². The number of azide groups is 1.